The van der Waals surface area contributed by atoms with Gasteiger partial charge in [-0.2, -0.15) is 0 Å². The number of carbonyl (C=O) groups is 1. The molecule has 0 aromatic heterocycles. The van der Waals surface area contributed by atoms with Gasteiger partial charge in [-0.1, -0.05) is 12.1 Å². The first-order chi connectivity index (χ1) is 8.58. The first kappa shape index (κ1) is 13.0. The average molecular weight is 250 g/mol. The number of amides is 1. The second-order valence-electron chi connectivity index (χ2n) is 5.01. The molecule has 1 atom stereocenters. The number of likely N-dealkylation sites (tertiary alicyclic amines) is 1. The summed E-state index contributed by atoms with van der Waals surface area (Å²) in [6, 6.07) is 6.34. The van der Waals surface area contributed by atoms with Crippen LogP contribution in [0, 0.1) is 5.82 Å². The Kier molecular flexibility index (Phi) is 3.97. The van der Waals surface area contributed by atoms with Crippen molar-refractivity contribution in [1.82, 2.24) is 9.80 Å². The Bertz CT molecular complexity index is 416. The molecule has 98 valence electrons. The van der Waals surface area contributed by atoms with E-state index in [1.165, 1.54) is 12.1 Å². The van der Waals surface area contributed by atoms with E-state index in [-0.39, 0.29) is 17.8 Å². The minimum atomic E-state index is -0.241. The predicted molar refractivity (Wildman–Crippen MR) is 68.5 cm³/mol. The molecule has 1 amide bonds. The van der Waals surface area contributed by atoms with E-state index >= 15 is 0 Å². The third-order valence-electron chi connectivity index (χ3n) is 3.41. The van der Waals surface area contributed by atoms with Crippen molar-refractivity contribution in [2.24, 2.45) is 0 Å². The molecule has 1 aliphatic heterocycles. The molecule has 0 aliphatic carbocycles. The van der Waals surface area contributed by atoms with E-state index < -0.39 is 0 Å². The third kappa shape index (κ3) is 2.88. The lowest BCUT2D eigenvalue weighted by molar-refractivity contribution is -0.139. The summed E-state index contributed by atoms with van der Waals surface area (Å²) in [4.78, 5) is 16.1. The van der Waals surface area contributed by atoms with Crippen LogP contribution in [-0.4, -0.2) is 42.4 Å². The van der Waals surface area contributed by atoms with Gasteiger partial charge in [0.25, 0.3) is 0 Å². The molecule has 2 rings (SSSR count). The van der Waals surface area contributed by atoms with Gasteiger partial charge in [0.2, 0.25) is 5.91 Å². The maximum atomic E-state index is 12.8. The Hall–Kier alpha value is -1.42. The molecule has 18 heavy (non-hydrogen) atoms. The van der Waals surface area contributed by atoms with E-state index in [2.05, 4.69) is 0 Å². The molecular weight excluding hydrogens is 231 g/mol. The fourth-order valence-electron chi connectivity index (χ4n) is 2.37. The third-order valence-corrected chi connectivity index (χ3v) is 3.41. The summed E-state index contributed by atoms with van der Waals surface area (Å²) in [6.07, 6.45) is 1.95. The summed E-state index contributed by atoms with van der Waals surface area (Å²) in [5, 5.41) is 0. The maximum Gasteiger partial charge on any atom is 0.240 e. The SMILES string of the molecule is CN(C)[C@H]1CCCN(Cc2ccc(F)cc2)C1=O. The van der Waals surface area contributed by atoms with Gasteiger partial charge >= 0.3 is 0 Å². The van der Waals surface area contributed by atoms with Gasteiger partial charge in [-0.3, -0.25) is 9.69 Å². The van der Waals surface area contributed by atoms with Gasteiger partial charge in [-0.25, -0.2) is 4.39 Å². The summed E-state index contributed by atoms with van der Waals surface area (Å²) < 4.78 is 12.8. The number of hydrogen-bond acceptors (Lipinski definition) is 2. The predicted octanol–water partition coefficient (Wildman–Crippen LogP) is 1.88. The van der Waals surface area contributed by atoms with Gasteiger partial charge in [-0.05, 0) is 44.6 Å². The fourth-order valence-corrected chi connectivity index (χ4v) is 2.37. The zero-order valence-electron chi connectivity index (χ0n) is 10.9. The second kappa shape index (κ2) is 5.48. The Morgan fingerprint density at radius 2 is 2.00 bits per heavy atom. The van der Waals surface area contributed by atoms with Crippen LogP contribution in [0.1, 0.15) is 18.4 Å². The molecule has 0 bridgehead atoms. The molecule has 1 aromatic carbocycles. The summed E-state index contributed by atoms with van der Waals surface area (Å²) in [7, 11) is 3.87. The molecule has 0 unspecified atom stereocenters. The Balaban J connectivity index is 2.04. The highest BCUT2D eigenvalue weighted by Gasteiger charge is 2.29. The smallest absolute Gasteiger partial charge is 0.240 e. The summed E-state index contributed by atoms with van der Waals surface area (Å²) in [6.45, 7) is 1.37. The molecule has 0 spiro atoms. The second-order valence-corrected chi connectivity index (χ2v) is 5.01. The number of rotatable bonds is 3. The standard InChI is InChI=1S/C14H19FN2O/c1-16(2)13-4-3-9-17(14(13)18)10-11-5-7-12(15)8-6-11/h5-8,13H,3-4,9-10H2,1-2H3/t13-/m0/s1. The van der Waals surface area contributed by atoms with Crippen LogP contribution in [-0.2, 0) is 11.3 Å². The van der Waals surface area contributed by atoms with Crippen LogP contribution in [0.4, 0.5) is 4.39 Å². The zero-order chi connectivity index (χ0) is 13.1. The normalized spacial score (nSPS) is 20.6. The average Bonchev–Trinajstić information content (AvgIpc) is 2.34. The lowest BCUT2D eigenvalue weighted by atomic mass is 10.0. The highest BCUT2D eigenvalue weighted by molar-refractivity contribution is 5.82. The van der Waals surface area contributed by atoms with Crippen molar-refractivity contribution in [1.29, 1.82) is 0 Å². The molecule has 4 heteroatoms. The minimum Gasteiger partial charge on any atom is -0.337 e. The molecule has 0 saturated carbocycles. The van der Waals surface area contributed by atoms with Crippen molar-refractivity contribution in [3.8, 4) is 0 Å². The number of piperidine rings is 1. The van der Waals surface area contributed by atoms with Crippen molar-refractivity contribution in [2.45, 2.75) is 25.4 Å². The first-order valence-electron chi connectivity index (χ1n) is 6.27. The van der Waals surface area contributed by atoms with Crippen LogP contribution in [0.2, 0.25) is 0 Å². The van der Waals surface area contributed by atoms with Crippen molar-refractivity contribution >= 4 is 5.91 Å². The highest BCUT2D eigenvalue weighted by atomic mass is 19.1. The van der Waals surface area contributed by atoms with Gasteiger partial charge in [0.1, 0.15) is 5.82 Å². The number of carbonyl (C=O) groups excluding carboxylic acids is 1. The first-order valence-corrected chi connectivity index (χ1v) is 6.27. The van der Waals surface area contributed by atoms with E-state index in [1.807, 2.05) is 23.9 Å². The van der Waals surface area contributed by atoms with E-state index in [9.17, 15) is 9.18 Å². The van der Waals surface area contributed by atoms with Gasteiger partial charge < -0.3 is 4.90 Å². The number of halogens is 1. The Morgan fingerprint density at radius 1 is 1.33 bits per heavy atom. The van der Waals surface area contributed by atoms with Gasteiger partial charge in [0, 0.05) is 13.1 Å². The molecule has 1 heterocycles. The molecule has 1 saturated heterocycles. The van der Waals surface area contributed by atoms with E-state index in [4.69, 9.17) is 0 Å². The van der Waals surface area contributed by atoms with Gasteiger partial charge in [0.05, 0.1) is 6.04 Å². The van der Waals surface area contributed by atoms with Crippen LogP contribution >= 0.6 is 0 Å². The van der Waals surface area contributed by atoms with Crippen LogP contribution in [0.15, 0.2) is 24.3 Å². The minimum absolute atomic E-state index is 0.0146. The van der Waals surface area contributed by atoms with Crippen molar-refractivity contribution in [3.05, 3.63) is 35.6 Å². The Morgan fingerprint density at radius 3 is 2.61 bits per heavy atom. The van der Waals surface area contributed by atoms with E-state index in [0.717, 1.165) is 24.9 Å². The van der Waals surface area contributed by atoms with Gasteiger partial charge in [-0.15, -0.1) is 0 Å². The fraction of sp³-hybridized carbons (Fsp3) is 0.500. The van der Waals surface area contributed by atoms with Crippen molar-refractivity contribution < 1.29 is 9.18 Å². The number of likely N-dealkylation sites (N-methyl/N-ethyl adjacent to an activating group) is 1. The molecule has 0 radical (unpaired) electrons. The Labute approximate surface area is 107 Å². The van der Waals surface area contributed by atoms with Crippen LogP contribution in [0.25, 0.3) is 0 Å². The number of nitrogens with zero attached hydrogens (tertiary/aromatic N) is 2. The van der Waals surface area contributed by atoms with Crippen molar-refractivity contribution in [3.63, 3.8) is 0 Å². The summed E-state index contributed by atoms with van der Waals surface area (Å²) in [5.74, 6) is -0.0644. The molecule has 1 aliphatic rings. The van der Waals surface area contributed by atoms with Crippen LogP contribution in [0.5, 0.6) is 0 Å². The highest BCUT2D eigenvalue weighted by Crippen LogP contribution is 2.18. The molecule has 1 fully saturated rings. The van der Waals surface area contributed by atoms with E-state index in [1.54, 1.807) is 12.1 Å². The van der Waals surface area contributed by atoms with E-state index in [0.29, 0.717) is 6.54 Å². The monoisotopic (exact) mass is 250 g/mol. The molecular formula is C14H19FN2O. The molecule has 0 N–H and O–H groups in total. The number of hydrogen-bond donors (Lipinski definition) is 0. The maximum absolute atomic E-state index is 12.8. The summed E-state index contributed by atoms with van der Waals surface area (Å²) in [5.41, 5.74) is 0.976. The zero-order valence-corrected chi connectivity index (χ0v) is 10.9. The van der Waals surface area contributed by atoms with Gasteiger partial charge in [0.15, 0.2) is 0 Å². The van der Waals surface area contributed by atoms with Crippen LogP contribution < -0.4 is 0 Å². The molecule has 1 aromatic rings. The quantitative estimate of drug-likeness (QED) is 0.817. The van der Waals surface area contributed by atoms with Crippen molar-refractivity contribution in [2.75, 3.05) is 20.6 Å². The summed E-state index contributed by atoms with van der Waals surface area (Å²) >= 11 is 0. The topological polar surface area (TPSA) is 23.6 Å². The number of benzene rings is 1. The molecule has 3 nitrogen and oxygen atoms in total. The largest absolute Gasteiger partial charge is 0.337 e. The lowest BCUT2D eigenvalue weighted by Crippen LogP contribution is -2.49. The lowest BCUT2D eigenvalue weighted by Gasteiger charge is -2.35. The van der Waals surface area contributed by atoms with Crippen LogP contribution in [0.3, 0.4) is 0 Å².